The molecule has 4 heteroatoms. The van der Waals surface area contributed by atoms with Crippen molar-refractivity contribution in [3.63, 3.8) is 0 Å². The molecule has 0 bridgehead atoms. The van der Waals surface area contributed by atoms with Crippen LogP contribution in [0.2, 0.25) is 0 Å². The summed E-state index contributed by atoms with van der Waals surface area (Å²) in [7, 11) is 0. The van der Waals surface area contributed by atoms with Crippen LogP contribution in [0.25, 0.3) is 6.08 Å². The fourth-order valence-electron chi connectivity index (χ4n) is 5.65. The van der Waals surface area contributed by atoms with Gasteiger partial charge in [0, 0.05) is 25.2 Å². The highest BCUT2D eigenvalue weighted by Crippen LogP contribution is 2.49. The van der Waals surface area contributed by atoms with Crippen LogP contribution in [0, 0.1) is 28.1 Å². The van der Waals surface area contributed by atoms with Crippen LogP contribution in [-0.4, -0.2) is 25.3 Å². The first-order valence-corrected chi connectivity index (χ1v) is 12.7. The summed E-state index contributed by atoms with van der Waals surface area (Å²) in [4.78, 5) is 2.59. The Kier molecular flexibility index (Phi) is 6.20. The Balaban J connectivity index is 1.72. The molecule has 0 aliphatic carbocycles. The van der Waals surface area contributed by atoms with E-state index in [-0.39, 0.29) is 34.0 Å². The Morgan fingerprint density at radius 1 is 1.00 bits per heavy atom. The lowest BCUT2D eigenvalue weighted by atomic mass is 9.69. The average molecular weight is 458 g/mol. The van der Waals surface area contributed by atoms with Crippen molar-refractivity contribution in [1.82, 2.24) is 0 Å². The van der Waals surface area contributed by atoms with Crippen molar-refractivity contribution in [3.8, 4) is 12.1 Å². The highest BCUT2D eigenvalue weighted by molar-refractivity contribution is 5.71. The molecule has 1 saturated heterocycles. The van der Waals surface area contributed by atoms with Crippen LogP contribution in [0.15, 0.2) is 29.4 Å². The maximum absolute atomic E-state index is 9.46. The monoisotopic (exact) mass is 457 g/mol. The Bertz CT molecular complexity index is 1060. The summed E-state index contributed by atoms with van der Waals surface area (Å²) in [5.41, 5.74) is 7.00. The fraction of sp³-hybridized carbons (Fsp3) is 0.600. The molecule has 1 aromatic carbocycles. The lowest BCUT2D eigenvalue weighted by Gasteiger charge is -2.48. The maximum atomic E-state index is 9.46. The van der Waals surface area contributed by atoms with Crippen LogP contribution < -0.4 is 4.90 Å². The molecular formula is C30H39N3O. The molecule has 3 heterocycles. The van der Waals surface area contributed by atoms with Gasteiger partial charge in [-0.15, -0.1) is 0 Å². The Morgan fingerprint density at radius 3 is 2.06 bits per heavy atom. The standard InChI is InChI=1S/C30H39N3O/c1-28(2,3)26-17-21(22(18-31)19-32)16-23(34-26)9-8-20-14-24-27-25(15-20)30(6,7)11-13-33(27)12-10-29(24,4)5/h8-9,14-15,23,26H,10-13,16-17H2,1-7H3/b9-8+. The van der Waals surface area contributed by atoms with Gasteiger partial charge >= 0.3 is 0 Å². The predicted octanol–water partition coefficient (Wildman–Crippen LogP) is 6.81. The van der Waals surface area contributed by atoms with E-state index in [4.69, 9.17) is 4.74 Å². The maximum Gasteiger partial charge on any atom is 0.129 e. The van der Waals surface area contributed by atoms with Gasteiger partial charge in [0.1, 0.15) is 17.7 Å². The summed E-state index contributed by atoms with van der Waals surface area (Å²) < 4.78 is 6.47. The molecule has 0 amide bonds. The van der Waals surface area contributed by atoms with E-state index < -0.39 is 0 Å². The lowest BCUT2D eigenvalue weighted by Crippen LogP contribution is -2.44. The summed E-state index contributed by atoms with van der Waals surface area (Å²) in [5, 5.41) is 18.9. The number of nitrogens with zero attached hydrogens (tertiary/aromatic N) is 3. The van der Waals surface area contributed by atoms with E-state index in [1.807, 2.05) is 0 Å². The highest BCUT2D eigenvalue weighted by atomic mass is 16.5. The van der Waals surface area contributed by atoms with Crippen molar-refractivity contribution in [1.29, 1.82) is 10.5 Å². The van der Waals surface area contributed by atoms with Gasteiger partial charge in [-0.05, 0) is 69.9 Å². The predicted molar refractivity (Wildman–Crippen MR) is 139 cm³/mol. The van der Waals surface area contributed by atoms with Crippen molar-refractivity contribution >= 4 is 11.8 Å². The van der Waals surface area contributed by atoms with Crippen LogP contribution in [0.5, 0.6) is 0 Å². The molecule has 1 fully saturated rings. The number of anilines is 1. The summed E-state index contributed by atoms with van der Waals surface area (Å²) in [6, 6.07) is 8.95. The molecular weight excluding hydrogens is 418 g/mol. The van der Waals surface area contributed by atoms with Gasteiger partial charge in [0.25, 0.3) is 0 Å². The molecule has 0 N–H and O–H groups in total. The first-order valence-electron chi connectivity index (χ1n) is 12.7. The number of hydrogen-bond donors (Lipinski definition) is 0. The zero-order valence-corrected chi connectivity index (χ0v) is 22.0. The Morgan fingerprint density at radius 2 is 1.56 bits per heavy atom. The van der Waals surface area contributed by atoms with Crippen LogP contribution in [-0.2, 0) is 15.6 Å². The second-order valence-electron chi connectivity index (χ2n) is 12.7. The highest BCUT2D eigenvalue weighted by Gasteiger charge is 2.40. The van der Waals surface area contributed by atoms with Crippen molar-refractivity contribution < 1.29 is 4.74 Å². The van der Waals surface area contributed by atoms with E-state index in [9.17, 15) is 10.5 Å². The number of rotatable bonds is 2. The largest absolute Gasteiger partial charge is 0.371 e. The zero-order valence-electron chi connectivity index (χ0n) is 22.0. The smallest absolute Gasteiger partial charge is 0.129 e. The summed E-state index contributed by atoms with van der Waals surface area (Å²) in [6.45, 7) is 18.2. The van der Waals surface area contributed by atoms with E-state index in [1.165, 1.54) is 35.2 Å². The van der Waals surface area contributed by atoms with E-state index in [0.717, 1.165) is 18.7 Å². The number of nitriles is 2. The summed E-state index contributed by atoms with van der Waals surface area (Å²) >= 11 is 0. The minimum absolute atomic E-state index is 0.0290. The molecule has 3 aliphatic rings. The van der Waals surface area contributed by atoms with E-state index in [0.29, 0.717) is 12.8 Å². The topological polar surface area (TPSA) is 60.0 Å². The number of hydrogen-bond acceptors (Lipinski definition) is 4. The van der Waals surface area contributed by atoms with E-state index >= 15 is 0 Å². The van der Waals surface area contributed by atoms with E-state index in [2.05, 4.69) is 89.8 Å². The Hall–Kier alpha value is -2.56. The summed E-state index contributed by atoms with van der Waals surface area (Å²) in [5.74, 6) is 0. The summed E-state index contributed by atoms with van der Waals surface area (Å²) in [6.07, 6.45) is 7.75. The second-order valence-corrected chi connectivity index (χ2v) is 12.7. The molecule has 1 aromatic rings. The van der Waals surface area contributed by atoms with Gasteiger partial charge in [-0.3, -0.25) is 0 Å². The van der Waals surface area contributed by atoms with Gasteiger partial charge < -0.3 is 9.64 Å². The third kappa shape index (κ3) is 4.54. The molecule has 0 radical (unpaired) electrons. The first-order chi connectivity index (χ1) is 15.9. The van der Waals surface area contributed by atoms with Crippen molar-refractivity contribution in [2.75, 3.05) is 18.0 Å². The molecule has 4 nitrogen and oxygen atoms in total. The molecule has 0 spiro atoms. The average Bonchev–Trinajstić information content (AvgIpc) is 2.76. The molecule has 3 aliphatic heterocycles. The quantitative estimate of drug-likeness (QED) is 0.458. The second kappa shape index (κ2) is 8.58. The van der Waals surface area contributed by atoms with Gasteiger partial charge in [0.2, 0.25) is 0 Å². The van der Waals surface area contributed by atoms with Gasteiger partial charge in [-0.1, -0.05) is 60.6 Å². The molecule has 0 saturated carbocycles. The van der Waals surface area contributed by atoms with Crippen molar-refractivity contribution in [2.45, 2.75) is 97.2 Å². The van der Waals surface area contributed by atoms with Gasteiger partial charge in [-0.25, -0.2) is 0 Å². The fourth-order valence-corrected chi connectivity index (χ4v) is 5.65. The molecule has 4 rings (SSSR count). The van der Waals surface area contributed by atoms with Crippen LogP contribution in [0.1, 0.15) is 90.8 Å². The third-order valence-corrected chi connectivity index (χ3v) is 8.19. The van der Waals surface area contributed by atoms with Crippen molar-refractivity contribution in [3.05, 3.63) is 46.0 Å². The van der Waals surface area contributed by atoms with Crippen LogP contribution >= 0.6 is 0 Å². The molecule has 0 aromatic heterocycles. The molecule has 2 atom stereocenters. The molecule has 34 heavy (non-hydrogen) atoms. The Labute approximate surface area is 205 Å². The zero-order chi connectivity index (χ0) is 24.9. The SMILES string of the molecule is CC1(C)CCN2CCC(C)(C)c3cc(/C=C/C4CC(=C(C#N)C#N)CC(C(C)(C)C)O4)cc1c32. The number of benzene rings is 1. The van der Waals surface area contributed by atoms with Crippen LogP contribution in [0.3, 0.4) is 0 Å². The van der Waals surface area contributed by atoms with E-state index in [1.54, 1.807) is 0 Å². The van der Waals surface area contributed by atoms with Crippen molar-refractivity contribution in [2.24, 2.45) is 5.41 Å². The minimum Gasteiger partial charge on any atom is -0.371 e. The van der Waals surface area contributed by atoms with Gasteiger partial charge in [-0.2, -0.15) is 10.5 Å². The van der Waals surface area contributed by atoms with Gasteiger partial charge in [0.05, 0.1) is 12.2 Å². The minimum atomic E-state index is -0.144. The number of ether oxygens (including phenoxy) is 1. The van der Waals surface area contributed by atoms with Crippen LogP contribution in [0.4, 0.5) is 5.69 Å². The molecule has 180 valence electrons. The number of allylic oxidation sites excluding steroid dienone is 1. The van der Waals surface area contributed by atoms with Gasteiger partial charge in [0.15, 0.2) is 0 Å². The molecule has 2 unspecified atom stereocenters. The first kappa shape index (κ1) is 24.6. The lowest BCUT2D eigenvalue weighted by molar-refractivity contribution is -0.0630. The normalized spacial score (nSPS) is 25.4. The third-order valence-electron chi connectivity index (χ3n) is 8.19.